The number of methoxy groups -OCH3 is 1. The summed E-state index contributed by atoms with van der Waals surface area (Å²) in [6.45, 7) is 3.90. The molecule has 0 aromatic carbocycles. The van der Waals surface area contributed by atoms with Gasteiger partial charge in [-0.1, -0.05) is 0 Å². The van der Waals surface area contributed by atoms with Crippen LogP contribution in [0, 0.1) is 0 Å². The summed E-state index contributed by atoms with van der Waals surface area (Å²) in [4.78, 5) is 13.8. The fourth-order valence-electron chi connectivity index (χ4n) is 2.15. The van der Waals surface area contributed by atoms with Crippen LogP contribution < -0.4 is 10.6 Å². The molecule has 5 nitrogen and oxygen atoms in total. The van der Waals surface area contributed by atoms with E-state index in [1.807, 2.05) is 4.90 Å². The fourth-order valence-corrected chi connectivity index (χ4v) is 2.15. The average Bonchev–Trinajstić information content (AvgIpc) is 3.07. The lowest BCUT2D eigenvalue weighted by Gasteiger charge is -2.24. The summed E-state index contributed by atoms with van der Waals surface area (Å²) in [6, 6.07) is 0.0482. The van der Waals surface area contributed by atoms with Crippen LogP contribution in [-0.4, -0.2) is 56.4 Å². The van der Waals surface area contributed by atoms with Crippen LogP contribution in [0.25, 0.3) is 0 Å². The third-order valence-electron chi connectivity index (χ3n) is 3.32. The van der Waals surface area contributed by atoms with Crippen molar-refractivity contribution in [1.29, 1.82) is 0 Å². The number of rotatable bonds is 3. The Hall–Kier alpha value is -0.810. The third kappa shape index (κ3) is 2.86. The Morgan fingerprint density at radius 2 is 2.38 bits per heavy atom. The van der Waals surface area contributed by atoms with Crippen molar-refractivity contribution in [1.82, 2.24) is 15.5 Å². The molecule has 0 radical (unpaired) electrons. The molecule has 92 valence electrons. The Morgan fingerprint density at radius 3 is 3.06 bits per heavy atom. The van der Waals surface area contributed by atoms with Gasteiger partial charge in [0.15, 0.2) is 0 Å². The van der Waals surface area contributed by atoms with E-state index in [2.05, 4.69) is 10.6 Å². The zero-order chi connectivity index (χ0) is 11.4. The summed E-state index contributed by atoms with van der Waals surface area (Å²) in [6.07, 6.45) is 3.45. The van der Waals surface area contributed by atoms with E-state index in [1.54, 1.807) is 7.11 Å². The molecule has 2 amide bonds. The third-order valence-corrected chi connectivity index (χ3v) is 3.32. The highest BCUT2D eigenvalue weighted by molar-refractivity contribution is 5.74. The Morgan fingerprint density at radius 1 is 1.56 bits per heavy atom. The average molecular weight is 227 g/mol. The van der Waals surface area contributed by atoms with Crippen molar-refractivity contribution in [2.24, 2.45) is 0 Å². The molecule has 2 rings (SSSR count). The molecule has 1 aliphatic heterocycles. The minimum absolute atomic E-state index is 0.0482. The van der Waals surface area contributed by atoms with Gasteiger partial charge in [-0.15, -0.1) is 0 Å². The van der Waals surface area contributed by atoms with Crippen LogP contribution in [0.5, 0.6) is 0 Å². The summed E-state index contributed by atoms with van der Waals surface area (Å²) in [7, 11) is 1.64. The summed E-state index contributed by atoms with van der Waals surface area (Å²) < 4.78 is 4.91. The number of nitrogens with zero attached hydrogens (tertiary/aromatic N) is 1. The van der Waals surface area contributed by atoms with E-state index in [9.17, 15) is 4.79 Å². The molecule has 0 aromatic rings. The number of carbonyl (C=O) groups is 1. The highest BCUT2D eigenvalue weighted by Crippen LogP contribution is 2.37. The normalized spacial score (nSPS) is 22.9. The monoisotopic (exact) mass is 227 g/mol. The smallest absolute Gasteiger partial charge is 0.317 e. The van der Waals surface area contributed by atoms with Crippen LogP contribution >= 0.6 is 0 Å². The van der Waals surface area contributed by atoms with E-state index in [-0.39, 0.29) is 11.6 Å². The van der Waals surface area contributed by atoms with Gasteiger partial charge in [-0.2, -0.15) is 0 Å². The van der Waals surface area contributed by atoms with Gasteiger partial charge in [-0.3, -0.25) is 0 Å². The molecule has 2 aliphatic rings. The van der Waals surface area contributed by atoms with E-state index < -0.39 is 0 Å². The molecule has 1 spiro atoms. The summed E-state index contributed by atoms with van der Waals surface area (Å²) in [5.41, 5.74) is 0.245. The molecule has 5 heteroatoms. The molecule has 0 atom stereocenters. The standard InChI is InChI=1S/C11H21N3O2/c1-16-8-6-12-10(15)14-7-2-5-13-11(9-14)3-4-11/h13H,2-9H2,1H3,(H,12,15). The number of urea groups is 1. The molecular formula is C11H21N3O2. The van der Waals surface area contributed by atoms with Crippen molar-refractivity contribution in [3.8, 4) is 0 Å². The van der Waals surface area contributed by atoms with Crippen LogP contribution in [-0.2, 0) is 4.74 Å². The maximum Gasteiger partial charge on any atom is 0.317 e. The molecule has 1 heterocycles. The second kappa shape index (κ2) is 5.01. The quantitative estimate of drug-likeness (QED) is 0.676. The van der Waals surface area contributed by atoms with Crippen molar-refractivity contribution < 1.29 is 9.53 Å². The van der Waals surface area contributed by atoms with E-state index in [0.29, 0.717) is 13.2 Å². The summed E-state index contributed by atoms with van der Waals surface area (Å²) in [5.74, 6) is 0. The van der Waals surface area contributed by atoms with Gasteiger partial charge in [0, 0.05) is 32.3 Å². The molecule has 0 bridgehead atoms. The zero-order valence-electron chi connectivity index (χ0n) is 9.92. The van der Waals surface area contributed by atoms with Gasteiger partial charge in [0.25, 0.3) is 0 Å². The van der Waals surface area contributed by atoms with E-state index in [1.165, 1.54) is 12.8 Å². The minimum Gasteiger partial charge on any atom is -0.383 e. The molecule has 2 fully saturated rings. The Bertz CT molecular complexity index is 254. The Kier molecular flexibility index (Phi) is 3.66. The maximum absolute atomic E-state index is 11.9. The largest absolute Gasteiger partial charge is 0.383 e. The minimum atomic E-state index is 0.0482. The van der Waals surface area contributed by atoms with Gasteiger partial charge >= 0.3 is 6.03 Å². The predicted octanol–water partition coefficient (Wildman–Crippen LogP) is 0.170. The number of hydrogen-bond donors (Lipinski definition) is 2. The molecule has 0 aromatic heterocycles. The molecule has 16 heavy (non-hydrogen) atoms. The van der Waals surface area contributed by atoms with Gasteiger partial charge in [0.05, 0.1) is 6.61 Å². The Labute approximate surface area is 96.5 Å². The van der Waals surface area contributed by atoms with Gasteiger partial charge in [0.2, 0.25) is 0 Å². The van der Waals surface area contributed by atoms with Crippen molar-refractivity contribution in [3.63, 3.8) is 0 Å². The first-order valence-corrected chi connectivity index (χ1v) is 6.02. The number of ether oxygens (including phenoxy) is 1. The second-order valence-electron chi connectivity index (χ2n) is 4.71. The fraction of sp³-hybridized carbons (Fsp3) is 0.909. The topological polar surface area (TPSA) is 53.6 Å². The van der Waals surface area contributed by atoms with Crippen LogP contribution in [0.1, 0.15) is 19.3 Å². The van der Waals surface area contributed by atoms with Crippen molar-refractivity contribution in [2.45, 2.75) is 24.8 Å². The van der Waals surface area contributed by atoms with Gasteiger partial charge in [0.1, 0.15) is 0 Å². The van der Waals surface area contributed by atoms with E-state index in [4.69, 9.17) is 4.74 Å². The second-order valence-corrected chi connectivity index (χ2v) is 4.71. The first-order valence-electron chi connectivity index (χ1n) is 6.02. The van der Waals surface area contributed by atoms with Crippen LogP contribution in [0.2, 0.25) is 0 Å². The van der Waals surface area contributed by atoms with Gasteiger partial charge in [-0.05, 0) is 25.8 Å². The molecule has 0 unspecified atom stereocenters. The van der Waals surface area contributed by atoms with Crippen LogP contribution in [0.4, 0.5) is 4.79 Å². The van der Waals surface area contributed by atoms with E-state index >= 15 is 0 Å². The lowest BCUT2D eigenvalue weighted by molar-refractivity contribution is 0.178. The number of amides is 2. The molecule has 1 aliphatic carbocycles. The summed E-state index contributed by atoms with van der Waals surface area (Å²) >= 11 is 0. The van der Waals surface area contributed by atoms with Crippen molar-refractivity contribution in [3.05, 3.63) is 0 Å². The molecule has 1 saturated heterocycles. The summed E-state index contributed by atoms with van der Waals surface area (Å²) in [5, 5.41) is 6.42. The number of carbonyl (C=O) groups excluding carboxylic acids is 1. The lowest BCUT2D eigenvalue weighted by atomic mass is 10.2. The first kappa shape index (κ1) is 11.7. The zero-order valence-corrected chi connectivity index (χ0v) is 9.92. The van der Waals surface area contributed by atoms with Crippen LogP contribution in [0.3, 0.4) is 0 Å². The molecule has 1 saturated carbocycles. The van der Waals surface area contributed by atoms with Gasteiger partial charge < -0.3 is 20.3 Å². The maximum atomic E-state index is 11.9. The highest BCUT2D eigenvalue weighted by atomic mass is 16.5. The van der Waals surface area contributed by atoms with Gasteiger partial charge in [-0.25, -0.2) is 4.79 Å². The molecular weight excluding hydrogens is 206 g/mol. The lowest BCUT2D eigenvalue weighted by Crippen LogP contribution is -2.47. The predicted molar refractivity (Wildman–Crippen MR) is 61.4 cm³/mol. The Balaban J connectivity index is 1.80. The number of hydrogen-bond acceptors (Lipinski definition) is 3. The van der Waals surface area contributed by atoms with E-state index in [0.717, 1.165) is 26.1 Å². The molecule has 2 N–H and O–H groups in total. The first-order chi connectivity index (χ1) is 7.76. The van der Waals surface area contributed by atoms with Crippen molar-refractivity contribution >= 4 is 6.03 Å². The number of nitrogens with one attached hydrogen (secondary N) is 2. The SMILES string of the molecule is COCCNC(=O)N1CCCNC2(CC2)C1. The van der Waals surface area contributed by atoms with Crippen LogP contribution in [0.15, 0.2) is 0 Å². The highest BCUT2D eigenvalue weighted by Gasteiger charge is 2.45. The van der Waals surface area contributed by atoms with Crippen molar-refractivity contribution in [2.75, 3.05) is 39.9 Å².